The average Bonchev–Trinajstić information content (AvgIpc) is 2.67. The van der Waals surface area contributed by atoms with Crippen LogP contribution in [0.2, 0.25) is 0 Å². The Hall–Kier alpha value is -1.05. The summed E-state index contributed by atoms with van der Waals surface area (Å²) in [7, 11) is -1.74. The van der Waals surface area contributed by atoms with E-state index in [9.17, 15) is 17.2 Å². The number of ether oxygens (including phenoxy) is 1. The van der Waals surface area contributed by atoms with Gasteiger partial charge in [0.2, 0.25) is 10.0 Å². The fraction of sp³-hybridized carbons (Fsp3) is 0.632. The minimum Gasteiger partial charge on any atom is -0.378 e. The molecule has 7 nitrogen and oxygen atoms in total. The predicted octanol–water partition coefficient (Wildman–Crippen LogP) is 2.07. The maximum Gasteiger partial charge on any atom is 0.216 e. The van der Waals surface area contributed by atoms with Gasteiger partial charge in [-0.3, -0.25) is 4.99 Å². The SMILES string of the molecule is CN=C(NCCc1c(F)cccc1F)N1CCN(S(=O)(=O)CCOC(C)C)CC1.I. The molecule has 0 bridgehead atoms. The lowest BCUT2D eigenvalue weighted by atomic mass is 10.1. The van der Waals surface area contributed by atoms with Gasteiger partial charge in [-0.25, -0.2) is 17.2 Å². The third-order valence-electron chi connectivity index (χ3n) is 4.66. The zero-order valence-corrected chi connectivity index (χ0v) is 20.8. The number of rotatable bonds is 8. The van der Waals surface area contributed by atoms with Crippen molar-refractivity contribution in [2.45, 2.75) is 26.4 Å². The summed E-state index contributed by atoms with van der Waals surface area (Å²) in [6.45, 7) is 5.90. The van der Waals surface area contributed by atoms with Crippen molar-refractivity contribution < 1.29 is 21.9 Å². The van der Waals surface area contributed by atoms with E-state index >= 15 is 0 Å². The van der Waals surface area contributed by atoms with E-state index < -0.39 is 21.7 Å². The van der Waals surface area contributed by atoms with Gasteiger partial charge in [-0.2, -0.15) is 4.31 Å². The lowest BCUT2D eigenvalue weighted by Gasteiger charge is -2.35. The Morgan fingerprint density at radius 2 is 1.80 bits per heavy atom. The first kappa shape index (κ1) is 27.0. The van der Waals surface area contributed by atoms with Crippen molar-refractivity contribution in [3.05, 3.63) is 35.4 Å². The number of hydrogen-bond acceptors (Lipinski definition) is 4. The molecule has 0 amide bonds. The normalized spacial score (nSPS) is 15.9. The summed E-state index contributed by atoms with van der Waals surface area (Å²) in [6.07, 6.45) is 0.177. The zero-order valence-electron chi connectivity index (χ0n) is 17.6. The van der Waals surface area contributed by atoms with Gasteiger partial charge in [0.25, 0.3) is 0 Å². The van der Waals surface area contributed by atoms with Gasteiger partial charge >= 0.3 is 0 Å². The van der Waals surface area contributed by atoms with Crippen molar-refractivity contribution >= 4 is 40.0 Å². The second-order valence-electron chi connectivity index (χ2n) is 7.05. The van der Waals surface area contributed by atoms with Crippen LogP contribution < -0.4 is 5.32 Å². The highest BCUT2D eigenvalue weighted by Gasteiger charge is 2.28. The molecule has 11 heteroatoms. The summed E-state index contributed by atoms with van der Waals surface area (Å²) in [5, 5.41) is 3.10. The van der Waals surface area contributed by atoms with Crippen LogP contribution in [0.25, 0.3) is 0 Å². The van der Waals surface area contributed by atoms with Gasteiger partial charge in [-0.1, -0.05) is 6.07 Å². The van der Waals surface area contributed by atoms with Gasteiger partial charge in [0.1, 0.15) is 11.6 Å². The standard InChI is InChI=1S/C19H30F2N4O3S.HI/c1-15(2)28-13-14-29(26,27)25-11-9-24(10-12-25)19(22-3)23-8-7-16-17(20)5-4-6-18(16)21;/h4-6,15H,7-14H2,1-3H3,(H,22,23);1H. The molecular formula is C19H31F2IN4O3S. The number of nitrogens with one attached hydrogen (secondary N) is 1. The van der Waals surface area contributed by atoms with Crippen LogP contribution in [0.3, 0.4) is 0 Å². The molecule has 172 valence electrons. The Morgan fingerprint density at radius 3 is 2.33 bits per heavy atom. The molecule has 1 heterocycles. The Labute approximate surface area is 194 Å². The molecule has 1 aliphatic heterocycles. The van der Waals surface area contributed by atoms with E-state index in [0.717, 1.165) is 0 Å². The minimum absolute atomic E-state index is 0. The highest BCUT2D eigenvalue weighted by atomic mass is 127. The summed E-state index contributed by atoms with van der Waals surface area (Å²) in [6, 6.07) is 3.81. The summed E-state index contributed by atoms with van der Waals surface area (Å²) in [5.41, 5.74) is 0.0370. The third kappa shape index (κ3) is 7.89. The van der Waals surface area contributed by atoms with E-state index in [2.05, 4.69) is 10.3 Å². The van der Waals surface area contributed by atoms with Crippen LogP contribution in [0.4, 0.5) is 8.78 Å². The highest BCUT2D eigenvalue weighted by molar-refractivity contribution is 14.0. The maximum absolute atomic E-state index is 13.7. The average molecular weight is 560 g/mol. The van der Waals surface area contributed by atoms with Gasteiger partial charge in [-0.15, -0.1) is 24.0 Å². The fourth-order valence-corrected chi connectivity index (χ4v) is 4.38. The smallest absolute Gasteiger partial charge is 0.216 e. The maximum atomic E-state index is 13.7. The number of hydrogen-bond donors (Lipinski definition) is 1. The summed E-state index contributed by atoms with van der Waals surface area (Å²) >= 11 is 0. The summed E-state index contributed by atoms with van der Waals surface area (Å²) in [4.78, 5) is 6.14. The first-order chi connectivity index (χ1) is 13.7. The lowest BCUT2D eigenvalue weighted by Crippen LogP contribution is -2.54. The van der Waals surface area contributed by atoms with E-state index in [1.165, 1.54) is 22.5 Å². The molecule has 1 aromatic rings. The van der Waals surface area contributed by atoms with Crippen LogP contribution in [-0.2, 0) is 21.2 Å². The van der Waals surface area contributed by atoms with E-state index in [1.54, 1.807) is 7.05 Å². The van der Waals surface area contributed by atoms with Crippen molar-refractivity contribution in [3.8, 4) is 0 Å². The van der Waals surface area contributed by atoms with Crippen LogP contribution in [0.5, 0.6) is 0 Å². The minimum atomic E-state index is -3.36. The molecular weight excluding hydrogens is 529 g/mol. The monoisotopic (exact) mass is 560 g/mol. The van der Waals surface area contributed by atoms with Crippen LogP contribution in [0, 0.1) is 11.6 Å². The van der Waals surface area contributed by atoms with Gasteiger partial charge in [0.05, 0.1) is 18.5 Å². The third-order valence-corrected chi connectivity index (χ3v) is 6.49. The van der Waals surface area contributed by atoms with Crippen molar-refractivity contribution in [1.29, 1.82) is 0 Å². The first-order valence-corrected chi connectivity index (χ1v) is 11.3. The predicted molar refractivity (Wildman–Crippen MR) is 125 cm³/mol. The van der Waals surface area contributed by atoms with Crippen LogP contribution >= 0.6 is 24.0 Å². The van der Waals surface area contributed by atoms with E-state index in [0.29, 0.717) is 38.7 Å². The quantitative estimate of drug-likeness (QED) is 0.300. The molecule has 1 aromatic carbocycles. The van der Waals surface area contributed by atoms with E-state index in [1.807, 2.05) is 18.7 Å². The zero-order chi connectivity index (χ0) is 21.4. The molecule has 0 saturated carbocycles. The van der Waals surface area contributed by atoms with Crippen molar-refractivity contribution in [2.24, 2.45) is 4.99 Å². The second-order valence-corrected chi connectivity index (χ2v) is 9.13. The Morgan fingerprint density at radius 1 is 1.20 bits per heavy atom. The molecule has 1 aliphatic rings. The van der Waals surface area contributed by atoms with Gasteiger partial charge < -0.3 is 15.0 Å². The lowest BCUT2D eigenvalue weighted by molar-refractivity contribution is 0.0904. The van der Waals surface area contributed by atoms with Crippen molar-refractivity contribution in [3.63, 3.8) is 0 Å². The molecule has 1 saturated heterocycles. The first-order valence-electron chi connectivity index (χ1n) is 9.72. The Balaban J connectivity index is 0.00000450. The molecule has 0 aliphatic carbocycles. The molecule has 2 rings (SSSR count). The van der Waals surface area contributed by atoms with Gasteiger partial charge in [0, 0.05) is 45.3 Å². The number of halogens is 3. The summed E-state index contributed by atoms with van der Waals surface area (Å²) < 4.78 is 59.1. The van der Waals surface area contributed by atoms with Crippen LogP contribution in [0.15, 0.2) is 23.2 Å². The highest BCUT2D eigenvalue weighted by Crippen LogP contribution is 2.12. The number of piperazine rings is 1. The number of aliphatic imine (C=N–C) groups is 1. The van der Waals surface area contributed by atoms with Crippen molar-refractivity contribution in [1.82, 2.24) is 14.5 Å². The van der Waals surface area contributed by atoms with Crippen molar-refractivity contribution in [2.75, 3.05) is 52.1 Å². The second kappa shape index (κ2) is 12.7. The summed E-state index contributed by atoms with van der Waals surface area (Å²) in [5.74, 6) is -0.585. The fourth-order valence-electron chi connectivity index (χ4n) is 3.10. The van der Waals surface area contributed by atoms with Gasteiger partial charge in [0.15, 0.2) is 5.96 Å². The van der Waals surface area contributed by atoms with E-state index in [4.69, 9.17) is 4.74 Å². The number of nitrogens with zero attached hydrogens (tertiary/aromatic N) is 3. The number of benzene rings is 1. The molecule has 1 N–H and O–H groups in total. The molecule has 1 fully saturated rings. The van der Waals surface area contributed by atoms with Gasteiger partial charge in [-0.05, 0) is 32.4 Å². The van der Waals surface area contributed by atoms with Crippen LogP contribution in [-0.4, -0.2) is 81.8 Å². The molecule has 0 aromatic heterocycles. The van der Waals surface area contributed by atoms with E-state index in [-0.39, 0.29) is 54.4 Å². The Kier molecular flexibility index (Phi) is 11.4. The largest absolute Gasteiger partial charge is 0.378 e. The number of guanidine groups is 1. The molecule has 30 heavy (non-hydrogen) atoms. The topological polar surface area (TPSA) is 74.2 Å². The molecule has 0 unspecified atom stereocenters. The molecule has 0 radical (unpaired) electrons. The molecule has 0 spiro atoms. The van der Waals surface area contributed by atoms with Crippen LogP contribution in [0.1, 0.15) is 19.4 Å². The Bertz CT molecular complexity index is 781. The number of sulfonamides is 1. The molecule has 0 atom stereocenters.